The van der Waals surface area contributed by atoms with E-state index in [-0.39, 0.29) is 19.1 Å². The Balaban J connectivity index is 2.32. The Morgan fingerprint density at radius 1 is 1.50 bits per heavy atom. The topological polar surface area (TPSA) is 55.8 Å². The summed E-state index contributed by atoms with van der Waals surface area (Å²) in [6.07, 6.45) is 0.125. The number of carbonyl (C=O) groups is 1. The number of ether oxygens (including phenoxy) is 2. The first-order chi connectivity index (χ1) is 7.59. The molecule has 0 amide bonds. The molecule has 86 valence electrons. The minimum Gasteiger partial charge on any atom is -0.481 e. The van der Waals surface area contributed by atoms with E-state index in [1.807, 2.05) is 26.0 Å². The van der Waals surface area contributed by atoms with Crippen LogP contribution in [0.5, 0.6) is 11.5 Å². The Bertz CT molecular complexity index is 425. The molecule has 0 radical (unpaired) electrons. The predicted octanol–water partition coefficient (Wildman–Crippen LogP) is 2.30. The summed E-state index contributed by atoms with van der Waals surface area (Å²) in [5.74, 6) is 0.676. The van der Waals surface area contributed by atoms with Gasteiger partial charge >= 0.3 is 5.97 Å². The molecule has 16 heavy (non-hydrogen) atoms. The molecule has 0 aromatic heterocycles. The Labute approximate surface area is 93.8 Å². The van der Waals surface area contributed by atoms with Gasteiger partial charge in [0.1, 0.15) is 0 Å². The van der Waals surface area contributed by atoms with Crippen molar-refractivity contribution >= 4 is 5.97 Å². The van der Waals surface area contributed by atoms with Gasteiger partial charge in [-0.2, -0.15) is 0 Å². The number of carboxylic acid groups (broad SMARTS) is 1. The zero-order valence-corrected chi connectivity index (χ0v) is 9.32. The van der Waals surface area contributed by atoms with Gasteiger partial charge in [0.15, 0.2) is 11.5 Å². The molecule has 0 aliphatic carbocycles. The summed E-state index contributed by atoms with van der Waals surface area (Å²) >= 11 is 0. The zero-order valence-electron chi connectivity index (χ0n) is 9.32. The van der Waals surface area contributed by atoms with Crippen LogP contribution in [0.2, 0.25) is 0 Å². The van der Waals surface area contributed by atoms with Gasteiger partial charge in [-0.3, -0.25) is 4.79 Å². The third-order valence-electron chi connectivity index (χ3n) is 2.84. The fourth-order valence-electron chi connectivity index (χ4n) is 2.03. The van der Waals surface area contributed by atoms with Gasteiger partial charge in [-0.25, -0.2) is 0 Å². The van der Waals surface area contributed by atoms with E-state index in [1.165, 1.54) is 0 Å². The molecule has 1 N–H and O–H groups in total. The van der Waals surface area contributed by atoms with Gasteiger partial charge in [-0.15, -0.1) is 0 Å². The van der Waals surface area contributed by atoms with E-state index in [4.69, 9.17) is 14.6 Å². The van der Waals surface area contributed by atoms with E-state index in [2.05, 4.69) is 0 Å². The lowest BCUT2D eigenvalue weighted by molar-refractivity contribution is -0.137. The van der Waals surface area contributed by atoms with Crippen molar-refractivity contribution in [2.24, 2.45) is 0 Å². The molecule has 1 atom stereocenters. The van der Waals surface area contributed by atoms with E-state index >= 15 is 0 Å². The van der Waals surface area contributed by atoms with Crippen molar-refractivity contribution in [2.75, 3.05) is 6.79 Å². The second-order valence-electron chi connectivity index (χ2n) is 4.01. The zero-order chi connectivity index (χ0) is 11.7. The lowest BCUT2D eigenvalue weighted by Crippen LogP contribution is -2.04. The van der Waals surface area contributed by atoms with Crippen LogP contribution in [0.3, 0.4) is 0 Å². The Morgan fingerprint density at radius 2 is 2.25 bits per heavy atom. The summed E-state index contributed by atoms with van der Waals surface area (Å²) in [6.45, 7) is 4.08. The molecule has 1 heterocycles. The second-order valence-corrected chi connectivity index (χ2v) is 4.01. The summed E-state index contributed by atoms with van der Waals surface area (Å²) < 4.78 is 10.6. The van der Waals surface area contributed by atoms with Crippen molar-refractivity contribution in [1.29, 1.82) is 0 Å². The maximum Gasteiger partial charge on any atom is 0.303 e. The van der Waals surface area contributed by atoms with Crippen LogP contribution in [0.1, 0.15) is 30.4 Å². The van der Waals surface area contributed by atoms with Crippen molar-refractivity contribution in [2.45, 2.75) is 26.2 Å². The molecule has 1 aromatic carbocycles. The van der Waals surface area contributed by atoms with Gasteiger partial charge in [-0.1, -0.05) is 13.0 Å². The summed E-state index contributed by atoms with van der Waals surface area (Å²) in [6, 6.07) is 3.75. The highest BCUT2D eigenvalue weighted by Gasteiger charge is 2.21. The first-order valence-electron chi connectivity index (χ1n) is 5.20. The number of benzene rings is 1. The third kappa shape index (κ3) is 1.83. The Kier molecular flexibility index (Phi) is 2.73. The number of hydrogen-bond donors (Lipinski definition) is 1. The van der Waals surface area contributed by atoms with Crippen LogP contribution in [0, 0.1) is 6.92 Å². The molecule has 0 bridgehead atoms. The van der Waals surface area contributed by atoms with Crippen LogP contribution >= 0.6 is 0 Å². The SMILES string of the molecule is Cc1c(C(C)CC(=O)O)ccc2c1OCO2. The highest BCUT2D eigenvalue weighted by molar-refractivity contribution is 5.68. The lowest BCUT2D eigenvalue weighted by Gasteiger charge is -2.13. The molecule has 0 spiro atoms. The predicted molar refractivity (Wildman–Crippen MR) is 58.0 cm³/mol. The molecule has 1 aliphatic rings. The standard InChI is InChI=1S/C12H14O4/c1-7(5-11(13)14)9-3-4-10-12(8(9)2)16-6-15-10/h3-4,7H,5-6H2,1-2H3,(H,13,14). The molecular weight excluding hydrogens is 208 g/mol. The van der Waals surface area contributed by atoms with E-state index < -0.39 is 5.97 Å². The third-order valence-corrected chi connectivity index (χ3v) is 2.84. The molecule has 1 aliphatic heterocycles. The van der Waals surface area contributed by atoms with Crippen LogP contribution in [-0.2, 0) is 4.79 Å². The van der Waals surface area contributed by atoms with Crippen LogP contribution in [0.15, 0.2) is 12.1 Å². The molecule has 0 saturated heterocycles. The molecule has 1 unspecified atom stereocenters. The van der Waals surface area contributed by atoms with Crippen LogP contribution in [0.25, 0.3) is 0 Å². The van der Waals surface area contributed by atoms with Gasteiger partial charge < -0.3 is 14.6 Å². The fourth-order valence-corrected chi connectivity index (χ4v) is 2.03. The Morgan fingerprint density at radius 3 is 2.94 bits per heavy atom. The van der Waals surface area contributed by atoms with Crippen molar-refractivity contribution in [1.82, 2.24) is 0 Å². The van der Waals surface area contributed by atoms with E-state index in [0.29, 0.717) is 0 Å². The van der Waals surface area contributed by atoms with Crippen molar-refractivity contribution < 1.29 is 19.4 Å². The fraction of sp³-hybridized carbons (Fsp3) is 0.417. The number of fused-ring (bicyclic) bond motifs is 1. The second kappa shape index (κ2) is 4.04. The molecule has 0 fully saturated rings. The van der Waals surface area contributed by atoms with Crippen molar-refractivity contribution in [3.63, 3.8) is 0 Å². The number of carboxylic acids is 1. The molecule has 2 rings (SSSR count). The summed E-state index contributed by atoms with van der Waals surface area (Å²) in [7, 11) is 0. The van der Waals surface area contributed by atoms with Gasteiger partial charge in [-0.05, 0) is 30.0 Å². The number of hydrogen-bond acceptors (Lipinski definition) is 3. The van der Waals surface area contributed by atoms with Crippen LogP contribution in [-0.4, -0.2) is 17.9 Å². The van der Waals surface area contributed by atoms with Gasteiger partial charge in [0.2, 0.25) is 6.79 Å². The Hall–Kier alpha value is -1.71. The monoisotopic (exact) mass is 222 g/mol. The highest BCUT2D eigenvalue weighted by atomic mass is 16.7. The lowest BCUT2D eigenvalue weighted by atomic mass is 9.93. The average molecular weight is 222 g/mol. The first-order valence-corrected chi connectivity index (χ1v) is 5.20. The van der Waals surface area contributed by atoms with E-state index in [9.17, 15) is 4.79 Å². The van der Waals surface area contributed by atoms with Gasteiger partial charge in [0.05, 0.1) is 6.42 Å². The maximum atomic E-state index is 10.7. The summed E-state index contributed by atoms with van der Waals surface area (Å²) in [4.78, 5) is 10.7. The summed E-state index contributed by atoms with van der Waals surface area (Å²) in [5, 5.41) is 8.77. The first kappa shape index (κ1) is 10.8. The smallest absolute Gasteiger partial charge is 0.303 e. The quantitative estimate of drug-likeness (QED) is 0.852. The molecule has 4 heteroatoms. The van der Waals surface area contributed by atoms with Crippen molar-refractivity contribution in [3.8, 4) is 11.5 Å². The minimum atomic E-state index is -0.787. The van der Waals surface area contributed by atoms with Crippen LogP contribution in [0.4, 0.5) is 0 Å². The maximum absolute atomic E-state index is 10.7. The molecule has 4 nitrogen and oxygen atoms in total. The van der Waals surface area contributed by atoms with Crippen molar-refractivity contribution in [3.05, 3.63) is 23.3 Å². The normalized spacial score (nSPS) is 14.9. The average Bonchev–Trinajstić information content (AvgIpc) is 2.65. The van der Waals surface area contributed by atoms with E-state index in [0.717, 1.165) is 22.6 Å². The largest absolute Gasteiger partial charge is 0.481 e. The molecule has 0 saturated carbocycles. The van der Waals surface area contributed by atoms with E-state index in [1.54, 1.807) is 0 Å². The highest BCUT2D eigenvalue weighted by Crippen LogP contribution is 2.39. The number of aliphatic carboxylic acids is 1. The van der Waals surface area contributed by atoms with Gasteiger partial charge in [0, 0.05) is 0 Å². The summed E-state index contributed by atoms with van der Waals surface area (Å²) in [5.41, 5.74) is 1.98. The number of rotatable bonds is 3. The van der Waals surface area contributed by atoms with Crippen LogP contribution < -0.4 is 9.47 Å². The minimum absolute atomic E-state index is 0.0213. The molecule has 1 aromatic rings. The van der Waals surface area contributed by atoms with Gasteiger partial charge in [0.25, 0.3) is 0 Å². The molecular formula is C12H14O4.